The van der Waals surface area contributed by atoms with E-state index in [1.807, 2.05) is 24.3 Å². The summed E-state index contributed by atoms with van der Waals surface area (Å²) in [6.07, 6.45) is 0.955. The molecule has 0 bridgehead atoms. The van der Waals surface area contributed by atoms with E-state index in [4.69, 9.17) is 12.2 Å². The lowest BCUT2D eigenvalue weighted by molar-refractivity contribution is 0.626. The van der Waals surface area contributed by atoms with Crippen LogP contribution >= 0.6 is 28.1 Å². The first kappa shape index (κ1) is 12.8. The second kappa shape index (κ2) is 5.40. The quantitative estimate of drug-likeness (QED) is 0.736. The Morgan fingerprint density at radius 3 is 2.84 bits per heavy atom. The number of hydrogen-bond donors (Lipinski definition) is 3. The predicted molar refractivity (Wildman–Crippen MR) is 82.3 cm³/mol. The van der Waals surface area contributed by atoms with Gasteiger partial charge in [0.1, 0.15) is 5.82 Å². The van der Waals surface area contributed by atoms with Crippen molar-refractivity contribution in [1.29, 1.82) is 0 Å². The van der Waals surface area contributed by atoms with Gasteiger partial charge < -0.3 is 15.6 Å². The number of anilines is 2. The smallest absolute Gasteiger partial charge is 0.198 e. The molecule has 0 radical (unpaired) electrons. The molecule has 6 heteroatoms. The monoisotopic (exact) mass is 336 g/mol. The van der Waals surface area contributed by atoms with Crippen LogP contribution in [-0.4, -0.2) is 16.5 Å². The molecule has 0 saturated heterocycles. The van der Waals surface area contributed by atoms with Crippen LogP contribution in [0.25, 0.3) is 0 Å². The largest absolute Gasteiger partial charge is 0.340 e. The zero-order chi connectivity index (χ0) is 13.2. The van der Waals surface area contributed by atoms with Gasteiger partial charge in [0.15, 0.2) is 4.77 Å². The van der Waals surface area contributed by atoms with Crippen molar-refractivity contribution >= 4 is 39.7 Å². The summed E-state index contributed by atoms with van der Waals surface area (Å²) in [5.74, 6) is 0.841. The number of benzene rings is 1. The number of aromatic nitrogens is 2. The van der Waals surface area contributed by atoms with E-state index in [1.54, 1.807) is 0 Å². The minimum absolute atomic E-state index is 0.528. The standard InChI is InChI=1S/C13H13BrN4S/c14-8-1-3-9(4-2-8)16-12-10-7-15-6-5-11(10)17-13(19)18-12/h1-4,15H,5-7H2,(H2,16,17,18,19). The van der Waals surface area contributed by atoms with Crippen LogP contribution in [-0.2, 0) is 13.0 Å². The maximum Gasteiger partial charge on any atom is 0.198 e. The summed E-state index contributed by atoms with van der Waals surface area (Å²) in [6.45, 7) is 1.79. The third-order valence-corrected chi connectivity index (χ3v) is 3.80. The minimum Gasteiger partial charge on any atom is -0.340 e. The SMILES string of the molecule is S=c1nc(Nc2ccc(Br)cc2)c2c([nH]1)CCNC2. The molecule has 3 N–H and O–H groups in total. The minimum atomic E-state index is 0.528. The number of nitrogens with zero attached hydrogens (tertiary/aromatic N) is 1. The van der Waals surface area contributed by atoms with Gasteiger partial charge in [-0.05, 0) is 36.5 Å². The second-order valence-corrected chi connectivity index (χ2v) is 5.71. The average molecular weight is 337 g/mol. The van der Waals surface area contributed by atoms with Crippen LogP contribution in [0.1, 0.15) is 11.3 Å². The Morgan fingerprint density at radius 2 is 2.05 bits per heavy atom. The summed E-state index contributed by atoms with van der Waals surface area (Å²) >= 11 is 8.61. The van der Waals surface area contributed by atoms with Crippen LogP contribution in [0.3, 0.4) is 0 Å². The van der Waals surface area contributed by atoms with E-state index in [2.05, 4.69) is 36.5 Å². The Bertz CT molecular complexity index is 651. The molecular formula is C13H13BrN4S. The molecule has 98 valence electrons. The summed E-state index contributed by atoms with van der Waals surface area (Å²) in [5, 5.41) is 6.70. The Hall–Kier alpha value is -1.24. The van der Waals surface area contributed by atoms with Crippen molar-refractivity contribution in [1.82, 2.24) is 15.3 Å². The molecule has 0 unspecified atom stereocenters. The molecule has 0 saturated carbocycles. The van der Waals surface area contributed by atoms with E-state index in [9.17, 15) is 0 Å². The van der Waals surface area contributed by atoms with Crippen LogP contribution in [0.5, 0.6) is 0 Å². The second-order valence-electron chi connectivity index (χ2n) is 4.41. The molecule has 1 aromatic heterocycles. The van der Waals surface area contributed by atoms with Crippen molar-refractivity contribution in [3.8, 4) is 0 Å². The molecule has 3 rings (SSSR count). The average Bonchev–Trinajstić information content (AvgIpc) is 2.41. The predicted octanol–water partition coefficient (Wildman–Crippen LogP) is 3.29. The van der Waals surface area contributed by atoms with Gasteiger partial charge >= 0.3 is 0 Å². The Kier molecular flexibility index (Phi) is 3.63. The lowest BCUT2D eigenvalue weighted by Crippen LogP contribution is -2.26. The van der Waals surface area contributed by atoms with Crippen molar-refractivity contribution in [2.24, 2.45) is 0 Å². The van der Waals surface area contributed by atoms with Gasteiger partial charge in [-0.15, -0.1) is 0 Å². The number of fused-ring (bicyclic) bond motifs is 1. The maximum atomic E-state index is 5.19. The van der Waals surface area contributed by atoms with E-state index in [1.165, 1.54) is 11.3 Å². The lowest BCUT2D eigenvalue weighted by atomic mass is 10.1. The molecular weight excluding hydrogens is 324 g/mol. The Balaban J connectivity index is 1.98. The van der Waals surface area contributed by atoms with Crippen molar-refractivity contribution < 1.29 is 0 Å². The van der Waals surface area contributed by atoms with Gasteiger partial charge in [-0.1, -0.05) is 15.9 Å². The molecule has 0 aliphatic carbocycles. The molecule has 0 atom stereocenters. The van der Waals surface area contributed by atoms with Gasteiger partial charge in [0.25, 0.3) is 0 Å². The molecule has 0 fully saturated rings. The normalized spacial score (nSPS) is 13.9. The fraction of sp³-hybridized carbons (Fsp3) is 0.231. The first-order valence-corrected chi connectivity index (χ1v) is 7.28. The summed E-state index contributed by atoms with van der Waals surface area (Å²) < 4.78 is 1.58. The van der Waals surface area contributed by atoms with Gasteiger partial charge in [-0.2, -0.15) is 0 Å². The van der Waals surface area contributed by atoms with Crippen molar-refractivity contribution in [3.63, 3.8) is 0 Å². The van der Waals surface area contributed by atoms with E-state index in [0.29, 0.717) is 4.77 Å². The van der Waals surface area contributed by atoms with E-state index in [0.717, 1.165) is 35.5 Å². The summed E-state index contributed by atoms with van der Waals surface area (Å²) in [4.78, 5) is 7.58. The molecule has 0 spiro atoms. The van der Waals surface area contributed by atoms with Gasteiger partial charge in [0, 0.05) is 40.9 Å². The highest BCUT2D eigenvalue weighted by Gasteiger charge is 2.15. The van der Waals surface area contributed by atoms with E-state index < -0.39 is 0 Å². The summed E-state index contributed by atoms with van der Waals surface area (Å²) in [5.41, 5.74) is 3.35. The van der Waals surface area contributed by atoms with Crippen molar-refractivity contribution in [2.75, 3.05) is 11.9 Å². The van der Waals surface area contributed by atoms with Crippen molar-refractivity contribution in [2.45, 2.75) is 13.0 Å². The molecule has 1 aliphatic rings. The van der Waals surface area contributed by atoms with Crippen LogP contribution in [0.15, 0.2) is 28.7 Å². The third kappa shape index (κ3) is 2.86. The van der Waals surface area contributed by atoms with Crippen LogP contribution in [0, 0.1) is 4.77 Å². The van der Waals surface area contributed by atoms with Crippen molar-refractivity contribution in [3.05, 3.63) is 44.8 Å². The van der Waals surface area contributed by atoms with Gasteiger partial charge in [0.05, 0.1) is 0 Å². The molecule has 2 aromatic rings. The van der Waals surface area contributed by atoms with Gasteiger partial charge in [-0.25, -0.2) is 4.98 Å². The molecule has 1 aliphatic heterocycles. The van der Waals surface area contributed by atoms with Crippen LogP contribution in [0.2, 0.25) is 0 Å². The van der Waals surface area contributed by atoms with Gasteiger partial charge in [0.2, 0.25) is 0 Å². The fourth-order valence-corrected chi connectivity index (χ4v) is 2.63. The zero-order valence-corrected chi connectivity index (χ0v) is 12.6. The maximum absolute atomic E-state index is 5.19. The molecule has 2 heterocycles. The van der Waals surface area contributed by atoms with E-state index >= 15 is 0 Å². The lowest BCUT2D eigenvalue weighted by Gasteiger charge is -2.20. The highest BCUT2D eigenvalue weighted by Crippen LogP contribution is 2.23. The van der Waals surface area contributed by atoms with Gasteiger partial charge in [-0.3, -0.25) is 0 Å². The first-order valence-electron chi connectivity index (χ1n) is 6.08. The topological polar surface area (TPSA) is 52.7 Å². The highest BCUT2D eigenvalue weighted by molar-refractivity contribution is 9.10. The number of rotatable bonds is 2. The molecule has 4 nitrogen and oxygen atoms in total. The Labute approximate surface area is 124 Å². The molecule has 1 aromatic carbocycles. The number of hydrogen-bond acceptors (Lipinski definition) is 4. The summed E-state index contributed by atoms with van der Waals surface area (Å²) in [6, 6.07) is 8.01. The summed E-state index contributed by atoms with van der Waals surface area (Å²) in [7, 11) is 0. The number of nitrogens with one attached hydrogen (secondary N) is 3. The first-order chi connectivity index (χ1) is 9.22. The third-order valence-electron chi connectivity index (χ3n) is 3.08. The number of H-pyrrole nitrogens is 1. The number of halogens is 1. The number of aromatic amines is 1. The van der Waals surface area contributed by atoms with E-state index in [-0.39, 0.29) is 0 Å². The zero-order valence-electron chi connectivity index (χ0n) is 10.2. The molecule has 0 amide bonds. The van der Waals surface area contributed by atoms with Crippen LogP contribution < -0.4 is 10.6 Å². The van der Waals surface area contributed by atoms with Crippen LogP contribution in [0.4, 0.5) is 11.5 Å². The fourth-order valence-electron chi connectivity index (χ4n) is 2.15. The molecule has 19 heavy (non-hydrogen) atoms. The highest BCUT2D eigenvalue weighted by atomic mass is 79.9. The Morgan fingerprint density at radius 1 is 1.26 bits per heavy atom.